The smallest absolute Gasteiger partial charge is 0.259 e. The fourth-order valence-electron chi connectivity index (χ4n) is 3.99. The number of thioether (sulfide) groups is 1. The lowest BCUT2D eigenvalue weighted by atomic mass is 10.2. The minimum atomic E-state index is -0.127. The third-order valence-electron chi connectivity index (χ3n) is 5.83. The number of aromatic amines is 3. The summed E-state index contributed by atoms with van der Waals surface area (Å²) in [6.07, 6.45) is 2.00. The number of benzene rings is 3. The molecule has 0 aliphatic carbocycles. The minimum Gasteiger partial charge on any atom is -0.385 e. The zero-order valence-corrected chi connectivity index (χ0v) is 21.3. The summed E-state index contributed by atoms with van der Waals surface area (Å²) < 4.78 is 0. The molecule has 0 radical (unpaired) electrons. The number of rotatable bonds is 7. The second-order valence-corrected chi connectivity index (χ2v) is 9.74. The molecule has 0 bridgehead atoms. The molecule has 0 saturated carbocycles. The summed E-state index contributed by atoms with van der Waals surface area (Å²) in [7, 11) is 0. The fourth-order valence-corrected chi connectivity index (χ4v) is 4.86. The van der Waals surface area contributed by atoms with Crippen molar-refractivity contribution in [1.29, 1.82) is 0 Å². The number of nitrogen functional groups attached to an aromatic ring is 1. The number of H-pyrrole nitrogens is 3. The van der Waals surface area contributed by atoms with Crippen molar-refractivity contribution < 1.29 is 4.79 Å². The van der Waals surface area contributed by atoms with Crippen LogP contribution in [0.2, 0.25) is 0 Å². The van der Waals surface area contributed by atoms with Crippen LogP contribution in [0.1, 0.15) is 19.3 Å². The molecular weight excluding hydrogens is 498 g/mol. The average Bonchev–Trinajstić information content (AvgIpc) is 3.50. The number of nitrogens with one attached hydrogen (secondary N) is 4. The quantitative estimate of drug-likeness (QED) is 0.106. The predicted molar refractivity (Wildman–Crippen MR) is 154 cm³/mol. The number of carbonyl (C=O) groups is 1. The van der Waals surface area contributed by atoms with E-state index in [1.807, 2.05) is 72.8 Å². The lowest BCUT2D eigenvalue weighted by molar-refractivity contribution is -0.116. The highest BCUT2D eigenvalue weighted by atomic mass is 32.2. The highest BCUT2D eigenvalue weighted by molar-refractivity contribution is 7.99. The van der Waals surface area contributed by atoms with Crippen LogP contribution in [0, 0.1) is 0 Å². The molecule has 38 heavy (non-hydrogen) atoms. The number of aromatic nitrogens is 5. The summed E-state index contributed by atoms with van der Waals surface area (Å²) in [5.41, 5.74) is 8.92. The molecule has 1 amide bonds. The average molecular weight is 526 g/mol. The second-order valence-electron chi connectivity index (χ2n) is 8.66. The monoisotopic (exact) mass is 525 g/mol. The number of unbranched alkanes of at least 4 members (excludes halogenated alkanes) is 1. The van der Waals surface area contributed by atoms with Gasteiger partial charge in [-0.25, -0.2) is 9.97 Å². The maximum absolute atomic E-state index is 12.1. The van der Waals surface area contributed by atoms with Crippen LogP contribution in [0.5, 0.6) is 0 Å². The van der Waals surface area contributed by atoms with Gasteiger partial charge < -0.3 is 20.7 Å². The zero-order valence-electron chi connectivity index (χ0n) is 20.5. The third-order valence-corrected chi connectivity index (χ3v) is 6.79. The molecule has 6 N–H and O–H groups in total. The molecule has 3 heterocycles. The molecule has 0 unspecified atom stereocenters. The number of imidazole rings is 1. The molecule has 0 aliphatic heterocycles. The Morgan fingerprint density at radius 1 is 0.842 bits per heavy atom. The Balaban J connectivity index is 0.000000244. The van der Waals surface area contributed by atoms with Crippen molar-refractivity contribution in [2.24, 2.45) is 0 Å². The maximum Gasteiger partial charge on any atom is 0.259 e. The highest BCUT2D eigenvalue weighted by Crippen LogP contribution is 2.18. The summed E-state index contributed by atoms with van der Waals surface area (Å²) in [6, 6.07) is 24.9. The number of nitrogens with zero attached hydrogens (tertiary/aromatic N) is 2. The van der Waals surface area contributed by atoms with E-state index in [1.165, 1.54) is 17.1 Å². The van der Waals surface area contributed by atoms with Crippen LogP contribution >= 0.6 is 11.8 Å². The number of anilines is 2. The predicted octanol–water partition coefficient (Wildman–Crippen LogP) is 5.45. The highest BCUT2D eigenvalue weighted by Gasteiger charge is 2.07. The van der Waals surface area contributed by atoms with Crippen LogP contribution in [0.3, 0.4) is 0 Å². The molecule has 10 heteroatoms. The summed E-state index contributed by atoms with van der Waals surface area (Å²) >= 11 is 1.49. The summed E-state index contributed by atoms with van der Waals surface area (Å²) in [5, 5.41) is 5.16. The van der Waals surface area contributed by atoms with E-state index in [-0.39, 0.29) is 11.5 Å². The second kappa shape index (κ2) is 11.7. The third kappa shape index (κ3) is 6.22. The number of fused-ring (bicyclic) bond motifs is 3. The molecule has 0 atom stereocenters. The molecule has 0 fully saturated rings. The van der Waals surface area contributed by atoms with Gasteiger partial charge in [0.2, 0.25) is 11.9 Å². The Morgan fingerprint density at radius 2 is 1.58 bits per heavy atom. The SMILES string of the molecule is Nc1cc2ccccc2[nH]1.O=C(CCCCSc1nc2ccccc2c(=O)[nH]1)Nc1nc2ccccc2[nH]1. The number of hydrogen-bond donors (Lipinski definition) is 5. The Kier molecular flexibility index (Phi) is 7.70. The van der Waals surface area contributed by atoms with Gasteiger partial charge in [0.1, 0.15) is 5.82 Å². The van der Waals surface area contributed by atoms with Crippen molar-refractivity contribution >= 4 is 62.3 Å². The largest absolute Gasteiger partial charge is 0.385 e. The minimum absolute atomic E-state index is 0.0682. The zero-order chi connectivity index (χ0) is 26.3. The van der Waals surface area contributed by atoms with Crippen LogP contribution in [-0.2, 0) is 4.79 Å². The van der Waals surface area contributed by atoms with Crippen molar-refractivity contribution in [2.45, 2.75) is 24.4 Å². The number of para-hydroxylation sites is 4. The van der Waals surface area contributed by atoms with E-state index in [0.29, 0.717) is 28.4 Å². The van der Waals surface area contributed by atoms with Gasteiger partial charge in [0.25, 0.3) is 5.56 Å². The standard InChI is InChI=1S/C20H19N5O2S.C8H8N2/c26-17(24-19-21-15-9-3-4-10-16(15)22-19)11-5-6-12-28-20-23-14-8-2-1-7-13(14)18(27)25-20;9-8-5-6-3-1-2-4-7(6)10-8/h1-4,7-10H,5-6,11-12H2,(H,23,25,27)(H2,21,22,24,26);1-5,10H,9H2. The summed E-state index contributed by atoms with van der Waals surface area (Å²) in [6.45, 7) is 0. The van der Waals surface area contributed by atoms with Gasteiger partial charge in [-0.05, 0) is 49.2 Å². The number of carbonyl (C=O) groups excluding carboxylic acids is 1. The van der Waals surface area contributed by atoms with Crippen molar-refractivity contribution in [3.63, 3.8) is 0 Å². The van der Waals surface area contributed by atoms with Gasteiger partial charge in [-0.15, -0.1) is 0 Å². The molecule has 0 spiro atoms. The van der Waals surface area contributed by atoms with E-state index in [1.54, 1.807) is 6.07 Å². The van der Waals surface area contributed by atoms with Crippen LogP contribution in [-0.4, -0.2) is 36.6 Å². The lowest BCUT2D eigenvalue weighted by Crippen LogP contribution is -2.12. The van der Waals surface area contributed by atoms with Crippen molar-refractivity contribution in [1.82, 2.24) is 24.9 Å². The molecular formula is C28H27N7O2S. The topological polar surface area (TPSA) is 145 Å². The van der Waals surface area contributed by atoms with Crippen molar-refractivity contribution in [2.75, 3.05) is 16.8 Å². The first-order valence-electron chi connectivity index (χ1n) is 12.2. The van der Waals surface area contributed by atoms with Gasteiger partial charge in [-0.3, -0.25) is 14.9 Å². The van der Waals surface area contributed by atoms with E-state index in [2.05, 4.69) is 30.2 Å². The molecule has 0 aliphatic rings. The Hall–Kier alpha value is -4.57. The van der Waals surface area contributed by atoms with Crippen LogP contribution in [0.4, 0.5) is 11.8 Å². The molecule has 3 aromatic heterocycles. The normalized spacial score (nSPS) is 10.9. The van der Waals surface area contributed by atoms with Crippen molar-refractivity contribution in [3.05, 3.63) is 89.2 Å². The van der Waals surface area contributed by atoms with Crippen molar-refractivity contribution in [3.8, 4) is 0 Å². The van der Waals surface area contributed by atoms with Gasteiger partial charge in [-0.1, -0.05) is 54.2 Å². The first kappa shape index (κ1) is 25.1. The molecule has 192 valence electrons. The van der Waals surface area contributed by atoms with Crippen LogP contribution in [0.15, 0.2) is 88.8 Å². The summed E-state index contributed by atoms with van der Waals surface area (Å²) in [5.74, 6) is 1.90. The first-order chi connectivity index (χ1) is 18.5. The fraction of sp³-hybridized carbons (Fsp3) is 0.143. The lowest BCUT2D eigenvalue weighted by Gasteiger charge is -2.03. The molecule has 9 nitrogen and oxygen atoms in total. The molecule has 3 aromatic carbocycles. The van der Waals surface area contributed by atoms with E-state index >= 15 is 0 Å². The molecule has 6 rings (SSSR count). The van der Waals surface area contributed by atoms with Crippen LogP contribution < -0.4 is 16.6 Å². The number of hydrogen-bond acceptors (Lipinski definition) is 6. The molecule has 0 saturated heterocycles. The number of amides is 1. The first-order valence-corrected chi connectivity index (χ1v) is 13.2. The maximum atomic E-state index is 12.1. The van der Waals surface area contributed by atoms with Gasteiger partial charge in [-0.2, -0.15) is 0 Å². The van der Waals surface area contributed by atoms with Gasteiger partial charge >= 0.3 is 0 Å². The van der Waals surface area contributed by atoms with E-state index < -0.39 is 0 Å². The van der Waals surface area contributed by atoms with Gasteiger partial charge in [0, 0.05) is 23.1 Å². The summed E-state index contributed by atoms with van der Waals surface area (Å²) in [4.78, 5) is 41.8. The van der Waals surface area contributed by atoms with E-state index in [9.17, 15) is 9.59 Å². The van der Waals surface area contributed by atoms with Gasteiger partial charge in [0.05, 0.1) is 21.9 Å². The Bertz CT molecular complexity index is 1690. The Morgan fingerprint density at radius 3 is 2.39 bits per heavy atom. The van der Waals surface area contributed by atoms with Gasteiger partial charge in [0.15, 0.2) is 5.16 Å². The Labute approximate surface area is 222 Å². The molecule has 6 aromatic rings. The van der Waals surface area contributed by atoms with Crippen LogP contribution in [0.25, 0.3) is 32.8 Å². The van der Waals surface area contributed by atoms with E-state index in [4.69, 9.17) is 5.73 Å². The number of nitrogens with two attached hydrogens (primary N) is 1. The van der Waals surface area contributed by atoms with E-state index in [0.717, 1.165) is 41.0 Å².